The summed E-state index contributed by atoms with van der Waals surface area (Å²) in [6, 6.07) is 0. The van der Waals surface area contributed by atoms with Gasteiger partial charge in [0.25, 0.3) is 0 Å². The fourth-order valence-electron chi connectivity index (χ4n) is 3.67. The molecule has 112 valence electrons. The van der Waals surface area contributed by atoms with Crippen LogP contribution >= 0.6 is 0 Å². The van der Waals surface area contributed by atoms with Crippen molar-refractivity contribution in [2.24, 2.45) is 23.2 Å². The Morgan fingerprint density at radius 3 is 2.70 bits per heavy atom. The summed E-state index contributed by atoms with van der Waals surface area (Å²) in [6.07, 6.45) is 2.01. The molecule has 5 unspecified atom stereocenters. The van der Waals surface area contributed by atoms with Gasteiger partial charge in [-0.2, -0.15) is 0 Å². The normalized spacial score (nSPS) is 38.4. The first-order valence-electron chi connectivity index (χ1n) is 7.47. The second kappa shape index (κ2) is 4.64. The molecule has 0 N–H and O–H groups in total. The molecule has 5 nitrogen and oxygen atoms in total. The van der Waals surface area contributed by atoms with E-state index in [1.807, 2.05) is 20.8 Å². The van der Waals surface area contributed by atoms with Gasteiger partial charge in [-0.3, -0.25) is 4.79 Å². The molecule has 0 amide bonds. The van der Waals surface area contributed by atoms with E-state index in [4.69, 9.17) is 14.2 Å². The summed E-state index contributed by atoms with van der Waals surface area (Å²) >= 11 is 0. The van der Waals surface area contributed by atoms with E-state index in [0.29, 0.717) is 18.4 Å². The smallest absolute Gasteiger partial charge is 0.465 e. The van der Waals surface area contributed by atoms with E-state index < -0.39 is 11.6 Å². The van der Waals surface area contributed by atoms with Gasteiger partial charge in [-0.1, -0.05) is 6.92 Å². The zero-order chi connectivity index (χ0) is 14.5. The number of esters is 1. The summed E-state index contributed by atoms with van der Waals surface area (Å²) in [7, 11) is 0. The highest BCUT2D eigenvalue weighted by molar-refractivity contribution is 5.75. The molecule has 3 fully saturated rings. The third-order valence-corrected chi connectivity index (χ3v) is 5.33. The van der Waals surface area contributed by atoms with Crippen molar-refractivity contribution in [1.29, 1.82) is 0 Å². The summed E-state index contributed by atoms with van der Waals surface area (Å²) in [5.41, 5.74) is -0.427. The Bertz CT molecular complexity index is 430. The molecule has 1 saturated heterocycles. The Morgan fingerprint density at radius 2 is 2.00 bits per heavy atom. The lowest BCUT2D eigenvalue weighted by Crippen LogP contribution is -2.37. The van der Waals surface area contributed by atoms with Crippen LogP contribution in [0.4, 0.5) is 4.79 Å². The highest BCUT2D eigenvalue weighted by Crippen LogP contribution is 2.53. The summed E-state index contributed by atoms with van der Waals surface area (Å²) in [5, 5.41) is 0. The van der Waals surface area contributed by atoms with Crippen molar-refractivity contribution in [1.82, 2.24) is 0 Å². The molecule has 5 atom stereocenters. The van der Waals surface area contributed by atoms with Crippen LogP contribution in [0.5, 0.6) is 0 Å². The minimum Gasteiger partial charge on any atom is -0.465 e. The Morgan fingerprint density at radius 1 is 1.30 bits per heavy atom. The van der Waals surface area contributed by atoms with Gasteiger partial charge in [0, 0.05) is 11.8 Å². The zero-order valence-electron chi connectivity index (χ0n) is 12.3. The van der Waals surface area contributed by atoms with Crippen molar-refractivity contribution in [3.63, 3.8) is 0 Å². The maximum absolute atomic E-state index is 12.0. The molecule has 0 spiro atoms. The number of carbonyl (C=O) groups is 2. The average molecular weight is 282 g/mol. The van der Waals surface area contributed by atoms with Crippen molar-refractivity contribution in [3.8, 4) is 0 Å². The lowest BCUT2D eigenvalue weighted by atomic mass is 9.85. The van der Waals surface area contributed by atoms with Crippen molar-refractivity contribution in [2.75, 3.05) is 6.61 Å². The summed E-state index contributed by atoms with van der Waals surface area (Å²) < 4.78 is 15.9. The fraction of sp³-hybridized carbons (Fsp3) is 0.867. The van der Waals surface area contributed by atoms with Crippen LogP contribution in [0.2, 0.25) is 0 Å². The minimum absolute atomic E-state index is 0.0634. The predicted molar refractivity (Wildman–Crippen MR) is 69.9 cm³/mol. The molecule has 0 aromatic rings. The summed E-state index contributed by atoms with van der Waals surface area (Å²) in [4.78, 5) is 23.2. The average Bonchev–Trinajstić information content (AvgIpc) is 3.05. The molecule has 2 bridgehead atoms. The zero-order valence-corrected chi connectivity index (χ0v) is 12.3. The first kappa shape index (κ1) is 13.7. The standard InChI is InChI=1S/C15H22O5/c1-4-15(2,3)13(16)18-7-9-5-8-6-10(9)12-11(8)19-14(17)20-12/h8-12H,4-7H2,1-3H3. The van der Waals surface area contributed by atoms with Gasteiger partial charge in [0.15, 0.2) is 0 Å². The van der Waals surface area contributed by atoms with Gasteiger partial charge < -0.3 is 14.2 Å². The topological polar surface area (TPSA) is 61.8 Å². The van der Waals surface area contributed by atoms with Gasteiger partial charge >= 0.3 is 12.1 Å². The van der Waals surface area contributed by atoms with Crippen LogP contribution in [0.25, 0.3) is 0 Å². The van der Waals surface area contributed by atoms with Crippen LogP contribution < -0.4 is 0 Å². The number of hydrogen-bond donors (Lipinski definition) is 0. The second-order valence-corrected chi connectivity index (χ2v) is 6.91. The Labute approximate surface area is 118 Å². The van der Waals surface area contributed by atoms with Crippen molar-refractivity contribution in [2.45, 2.75) is 52.2 Å². The highest BCUT2D eigenvalue weighted by Gasteiger charge is 2.59. The molecule has 0 aromatic carbocycles. The first-order chi connectivity index (χ1) is 9.42. The van der Waals surface area contributed by atoms with E-state index in [2.05, 4.69) is 0 Å². The molecule has 20 heavy (non-hydrogen) atoms. The third kappa shape index (κ3) is 2.07. The Hall–Kier alpha value is -1.26. The van der Waals surface area contributed by atoms with Crippen LogP contribution in [0.15, 0.2) is 0 Å². The SMILES string of the molecule is CCC(C)(C)C(=O)OCC1CC2CC1C1OC(=O)OC21. The lowest BCUT2D eigenvalue weighted by Gasteiger charge is -2.29. The van der Waals surface area contributed by atoms with Gasteiger partial charge in [-0.15, -0.1) is 0 Å². The Kier molecular flexibility index (Phi) is 3.18. The molecule has 3 aliphatic rings. The van der Waals surface area contributed by atoms with Crippen LogP contribution in [0.3, 0.4) is 0 Å². The number of ether oxygens (including phenoxy) is 3. The number of fused-ring (bicyclic) bond motifs is 5. The van der Waals surface area contributed by atoms with E-state index >= 15 is 0 Å². The van der Waals surface area contributed by atoms with Gasteiger partial charge in [-0.25, -0.2) is 4.79 Å². The molecule has 2 aliphatic carbocycles. The molecular weight excluding hydrogens is 260 g/mol. The molecule has 2 saturated carbocycles. The number of hydrogen-bond acceptors (Lipinski definition) is 5. The lowest BCUT2D eigenvalue weighted by molar-refractivity contribution is -0.156. The van der Waals surface area contributed by atoms with Crippen LogP contribution in [0.1, 0.15) is 40.0 Å². The van der Waals surface area contributed by atoms with Gasteiger partial charge in [0.1, 0.15) is 12.2 Å². The van der Waals surface area contributed by atoms with Crippen molar-refractivity contribution < 1.29 is 23.8 Å². The van der Waals surface area contributed by atoms with E-state index in [9.17, 15) is 9.59 Å². The molecule has 0 radical (unpaired) electrons. The molecule has 3 rings (SSSR count). The van der Waals surface area contributed by atoms with E-state index in [-0.39, 0.29) is 24.1 Å². The van der Waals surface area contributed by atoms with Crippen LogP contribution in [0, 0.1) is 23.2 Å². The van der Waals surface area contributed by atoms with Gasteiger partial charge in [0.2, 0.25) is 0 Å². The predicted octanol–water partition coefficient (Wildman–Crippen LogP) is 2.53. The second-order valence-electron chi connectivity index (χ2n) is 6.91. The van der Waals surface area contributed by atoms with E-state index in [1.54, 1.807) is 0 Å². The maximum Gasteiger partial charge on any atom is 0.509 e. The van der Waals surface area contributed by atoms with E-state index in [1.165, 1.54) is 0 Å². The monoisotopic (exact) mass is 282 g/mol. The first-order valence-corrected chi connectivity index (χ1v) is 7.47. The Balaban J connectivity index is 1.56. The third-order valence-electron chi connectivity index (χ3n) is 5.33. The van der Waals surface area contributed by atoms with Crippen molar-refractivity contribution in [3.05, 3.63) is 0 Å². The molecule has 1 aliphatic heterocycles. The molecule has 0 aromatic heterocycles. The minimum atomic E-state index is -0.542. The largest absolute Gasteiger partial charge is 0.509 e. The number of carbonyl (C=O) groups excluding carboxylic acids is 2. The van der Waals surface area contributed by atoms with Crippen LogP contribution in [-0.4, -0.2) is 30.9 Å². The summed E-state index contributed by atoms with van der Waals surface area (Å²) in [6.45, 7) is 6.22. The number of rotatable bonds is 4. The van der Waals surface area contributed by atoms with Crippen LogP contribution in [-0.2, 0) is 19.0 Å². The van der Waals surface area contributed by atoms with E-state index in [0.717, 1.165) is 19.3 Å². The quantitative estimate of drug-likeness (QED) is 0.741. The van der Waals surface area contributed by atoms with Crippen molar-refractivity contribution >= 4 is 12.1 Å². The maximum atomic E-state index is 12.0. The molecular formula is C15H22O5. The molecule has 1 heterocycles. The van der Waals surface area contributed by atoms with Gasteiger partial charge in [-0.05, 0) is 39.0 Å². The van der Waals surface area contributed by atoms with Gasteiger partial charge in [0.05, 0.1) is 12.0 Å². The highest BCUT2D eigenvalue weighted by atomic mass is 16.8. The summed E-state index contributed by atoms with van der Waals surface area (Å²) in [5.74, 6) is 0.819. The molecule has 5 heteroatoms. The fourth-order valence-corrected chi connectivity index (χ4v) is 3.67.